The zero-order chi connectivity index (χ0) is 18.4. The molecule has 2 N–H and O–H groups in total. The first-order valence-electron chi connectivity index (χ1n) is 8.11. The van der Waals surface area contributed by atoms with Crippen molar-refractivity contribution in [2.45, 2.75) is 6.42 Å². The Morgan fingerprint density at radius 3 is 2.62 bits per heavy atom. The Balaban J connectivity index is 1.58. The molecule has 0 aliphatic rings. The van der Waals surface area contributed by atoms with Crippen molar-refractivity contribution < 1.29 is 9.18 Å². The van der Waals surface area contributed by atoms with Gasteiger partial charge in [0.25, 0.3) is 5.91 Å². The summed E-state index contributed by atoms with van der Waals surface area (Å²) in [4.78, 5) is 16.4. The van der Waals surface area contributed by atoms with E-state index in [0.29, 0.717) is 22.9 Å². The summed E-state index contributed by atoms with van der Waals surface area (Å²) in [6.45, 7) is 0.658. The van der Waals surface area contributed by atoms with E-state index in [4.69, 9.17) is 11.6 Å². The highest BCUT2D eigenvalue weighted by atomic mass is 35.5. The van der Waals surface area contributed by atoms with Crippen molar-refractivity contribution in [3.05, 3.63) is 89.0 Å². The maximum Gasteiger partial charge on any atom is 0.274 e. The number of nitrogens with one attached hydrogen (secondary N) is 2. The number of amides is 1. The number of benzene rings is 2. The molecule has 2 aromatic carbocycles. The van der Waals surface area contributed by atoms with Gasteiger partial charge in [0.1, 0.15) is 11.5 Å². The van der Waals surface area contributed by atoms with Gasteiger partial charge in [-0.3, -0.25) is 9.78 Å². The van der Waals surface area contributed by atoms with Crippen LogP contribution >= 0.6 is 11.6 Å². The standard InChI is InChI=1S/C20H17ClFN3O/c21-15-2-1-3-18(12-15)25-20(26)19-13-17(9-11-24-19)23-10-8-14-4-6-16(22)7-5-14/h1-7,9,11-13H,8,10H2,(H,23,24)(H,25,26). The molecule has 0 aliphatic carbocycles. The summed E-state index contributed by atoms with van der Waals surface area (Å²) in [5.74, 6) is -0.555. The zero-order valence-corrected chi connectivity index (χ0v) is 14.6. The molecular formula is C20H17ClFN3O. The summed E-state index contributed by atoms with van der Waals surface area (Å²) in [6.07, 6.45) is 2.32. The number of anilines is 2. The van der Waals surface area contributed by atoms with Crippen LogP contribution in [-0.4, -0.2) is 17.4 Å². The predicted molar refractivity (Wildman–Crippen MR) is 102 cm³/mol. The van der Waals surface area contributed by atoms with Crippen molar-refractivity contribution in [1.29, 1.82) is 0 Å². The molecule has 1 aromatic heterocycles. The van der Waals surface area contributed by atoms with Crippen LogP contribution in [0.1, 0.15) is 16.1 Å². The van der Waals surface area contributed by atoms with E-state index in [1.54, 1.807) is 54.7 Å². The third-order valence-corrected chi connectivity index (χ3v) is 3.97. The number of carbonyl (C=O) groups excluding carboxylic acids is 1. The average Bonchev–Trinajstić information content (AvgIpc) is 2.64. The summed E-state index contributed by atoms with van der Waals surface area (Å²) < 4.78 is 12.9. The van der Waals surface area contributed by atoms with Gasteiger partial charge in [-0.15, -0.1) is 0 Å². The van der Waals surface area contributed by atoms with E-state index in [9.17, 15) is 9.18 Å². The minimum absolute atomic E-state index is 0.244. The second-order valence-corrected chi connectivity index (χ2v) is 6.13. The fourth-order valence-electron chi connectivity index (χ4n) is 2.43. The summed E-state index contributed by atoms with van der Waals surface area (Å²) in [6, 6.07) is 16.8. The molecule has 0 radical (unpaired) electrons. The molecule has 0 atom stereocenters. The van der Waals surface area contributed by atoms with Gasteiger partial charge in [-0.1, -0.05) is 29.8 Å². The SMILES string of the molecule is O=C(Nc1cccc(Cl)c1)c1cc(NCCc2ccc(F)cc2)ccn1. The van der Waals surface area contributed by atoms with Gasteiger partial charge in [0.2, 0.25) is 0 Å². The molecular weight excluding hydrogens is 353 g/mol. The summed E-state index contributed by atoms with van der Waals surface area (Å²) in [5, 5.41) is 6.55. The molecule has 0 unspecified atom stereocenters. The van der Waals surface area contributed by atoms with E-state index in [-0.39, 0.29) is 11.7 Å². The molecule has 1 heterocycles. The summed E-state index contributed by atoms with van der Waals surface area (Å²) in [7, 11) is 0. The highest BCUT2D eigenvalue weighted by Crippen LogP contribution is 2.16. The largest absolute Gasteiger partial charge is 0.385 e. The molecule has 0 aliphatic heterocycles. The number of halogens is 2. The Labute approximate surface area is 156 Å². The van der Waals surface area contributed by atoms with E-state index in [1.165, 1.54) is 12.1 Å². The van der Waals surface area contributed by atoms with Gasteiger partial charge in [0, 0.05) is 29.1 Å². The first-order valence-corrected chi connectivity index (χ1v) is 8.49. The molecule has 3 aromatic rings. The number of rotatable bonds is 6. The minimum Gasteiger partial charge on any atom is -0.385 e. The first kappa shape index (κ1) is 17.9. The van der Waals surface area contributed by atoms with Crippen molar-refractivity contribution in [1.82, 2.24) is 4.98 Å². The topological polar surface area (TPSA) is 54.0 Å². The maximum absolute atomic E-state index is 12.9. The first-order chi connectivity index (χ1) is 12.6. The molecule has 6 heteroatoms. The number of aromatic nitrogens is 1. The minimum atomic E-state index is -0.311. The predicted octanol–water partition coefficient (Wildman–Crippen LogP) is 4.78. The molecule has 26 heavy (non-hydrogen) atoms. The highest BCUT2D eigenvalue weighted by molar-refractivity contribution is 6.30. The van der Waals surface area contributed by atoms with Crippen LogP contribution in [0.3, 0.4) is 0 Å². The molecule has 4 nitrogen and oxygen atoms in total. The zero-order valence-electron chi connectivity index (χ0n) is 13.9. The lowest BCUT2D eigenvalue weighted by Gasteiger charge is -2.09. The van der Waals surface area contributed by atoms with E-state index >= 15 is 0 Å². The Bertz CT molecular complexity index is 900. The summed E-state index contributed by atoms with van der Waals surface area (Å²) in [5.41, 5.74) is 2.74. The van der Waals surface area contributed by atoms with Crippen molar-refractivity contribution in [2.24, 2.45) is 0 Å². The fourth-order valence-corrected chi connectivity index (χ4v) is 2.62. The van der Waals surface area contributed by atoms with Gasteiger partial charge in [-0.2, -0.15) is 0 Å². The smallest absolute Gasteiger partial charge is 0.274 e. The third-order valence-electron chi connectivity index (χ3n) is 3.73. The molecule has 3 rings (SSSR count). The number of nitrogens with zero attached hydrogens (tertiary/aromatic N) is 1. The van der Waals surface area contributed by atoms with E-state index in [1.807, 2.05) is 0 Å². The van der Waals surface area contributed by atoms with Crippen LogP contribution in [0.5, 0.6) is 0 Å². The Kier molecular flexibility index (Phi) is 5.81. The number of carbonyl (C=O) groups is 1. The molecule has 0 bridgehead atoms. The lowest BCUT2D eigenvalue weighted by molar-refractivity contribution is 0.102. The quantitative estimate of drug-likeness (QED) is 0.657. The lowest BCUT2D eigenvalue weighted by Crippen LogP contribution is -2.14. The Hall–Kier alpha value is -2.92. The maximum atomic E-state index is 12.9. The van der Waals surface area contributed by atoms with Crippen LogP contribution in [0.15, 0.2) is 66.9 Å². The van der Waals surface area contributed by atoms with E-state index in [0.717, 1.165) is 17.7 Å². The van der Waals surface area contributed by atoms with Crippen LogP contribution in [0.25, 0.3) is 0 Å². The molecule has 132 valence electrons. The van der Waals surface area contributed by atoms with Gasteiger partial charge in [0.05, 0.1) is 0 Å². The highest BCUT2D eigenvalue weighted by Gasteiger charge is 2.08. The van der Waals surface area contributed by atoms with Gasteiger partial charge in [-0.25, -0.2) is 4.39 Å². The van der Waals surface area contributed by atoms with Crippen molar-refractivity contribution in [3.8, 4) is 0 Å². The average molecular weight is 370 g/mol. The van der Waals surface area contributed by atoms with E-state index < -0.39 is 0 Å². The van der Waals surface area contributed by atoms with Crippen LogP contribution in [0.2, 0.25) is 5.02 Å². The molecule has 0 fully saturated rings. The second-order valence-electron chi connectivity index (χ2n) is 5.70. The van der Waals surface area contributed by atoms with Crippen molar-refractivity contribution in [3.63, 3.8) is 0 Å². The van der Waals surface area contributed by atoms with Gasteiger partial charge in [0.15, 0.2) is 0 Å². The molecule has 1 amide bonds. The van der Waals surface area contributed by atoms with Gasteiger partial charge in [-0.05, 0) is 54.4 Å². The van der Waals surface area contributed by atoms with Crippen LogP contribution in [-0.2, 0) is 6.42 Å². The van der Waals surface area contributed by atoms with Crippen molar-refractivity contribution >= 4 is 28.9 Å². The molecule has 0 saturated heterocycles. The van der Waals surface area contributed by atoms with Crippen LogP contribution in [0, 0.1) is 5.82 Å². The van der Waals surface area contributed by atoms with Gasteiger partial charge >= 0.3 is 0 Å². The number of pyridine rings is 1. The molecule has 0 saturated carbocycles. The number of hydrogen-bond acceptors (Lipinski definition) is 3. The monoisotopic (exact) mass is 369 g/mol. The Morgan fingerprint density at radius 1 is 1.04 bits per heavy atom. The normalized spacial score (nSPS) is 10.4. The number of hydrogen-bond donors (Lipinski definition) is 2. The van der Waals surface area contributed by atoms with E-state index in [2.05, 4.69) is 15.6 Å². The second kappa shape index (κ2) is 8.45. The van der Waals surface area contributed by atoms with Crippen LogP contribution < -0.4 is 10.6 Å². The molecule has 0 spiro atoms. The van der Waals surface area contributed by atoms with Crippen molar-refractivity contribution in [2.75, 3.05) is 17.2 Å². The summed E-state index contributed by atoms with van der Waals surface area (Å²) >= 11 is 5.92. The third kappa shape index (κ3) is 5.04. The fraction of sp³-hybridized carbons (Fsp3) is 0.100. The Morgan fingerprint density at radius 2 is 1.85 bits per heavy atom. The lowest BCUT2D eigenvalue weighted by atomic mass is 10.1. The van der Waals surface area contributed by atoms with Crippen LogP contribution in [0.4, 0.5) is 15.8 Å². The van der Waals surface area contributed by atoms with Gasteiger partial charge < -0.3 is 10.6 Å².